The molecule has 0 atom stereocenters. The average Bonchev–Trinajstić information content (AvgIpc) is 2.31. The molecule has 12 heavy (non-hydrogen) atoms. The van der Waals surface area contributed by atoms with Gasteiger partial charge in [-0.15, -0.1) is 11.3 Å². The minimum Gasteiger partial charge on any atom is -0.143 e. The number of thiophene rings is 1. The van der Waals surface area contributed by atoms with E-state index in [4.69, 9.17) is 0 Å². The molecule has 0 fully saturated rings. The molecule has 0 aliphatic rings. The van der Waals surface area contributed by atoms with Crippen LogP contribution in [0.3, 0.4) is 0 Å². The first kappa shape index (κ1) is 8.73. The molecule has 0 radical (unpaired) electrons. The number of benzene rings is 1. The zero-order valence-electron chi connectivity index (χ0n) is 6.40. The van der Waals surface area contributed by atoms with Crippen LogP contribution >= 0.6 is 43.2 Å². The molecule has 0 nitrogen and oxygen atoms in total. The van der Waals surface area contributed by atoms with Crippen LogP contribution in [0.4, 0.5) is 0 Å². The van der Waals surface area contributed by atoms with Crippen molar-refractivity contribution in [3.8, 4) is 0 Å². The quantitative estimate of drug-likeness (QED) is 0.660. The maximum absolute atomic E-state index is 3.55. The standard InChI is InChI=1S/C9H6Br2S/c1-5-4-12-8-3-6(10)2-7(11)9(5)8/h2-4H,1H3. The van der Waals surface area contributed by atoms with Gasteiger partial charge in [0.25, 0.3) is 0 Å². The molecule has 0 aliphatic heterocycles. The molecule has 62 valence electrons. The number of aryl methyl sites for hydroxylation is 1. The molecule has 2 aromatic rings. The lowest BCUT2D eigenvalue weighted by molar-refractivity contribution is 1.58. The molecule has 2 rings (SSSR count). The van der Waals surface area contributed by atoms with Crippen LogP contribution in [0.5, 0.6) is 0 Å². The first-order valence-corrected chi connectivity index (χ1v) is 5.98. The predicted octanol–water partition coefficient (Wildman–Crippen LogP) is 4.73. The van der Waals surface area contributed by atoms with E-state index in [1.165, 1.54) is 20.1 Å². The Balaban J connectivity index is 2.93. The highest BCUT2D eigenvalue weighted by molar-refractivity contribution is 9.11. The average molecular weight is 306 g/mol. The summed E-state index contributed by atoms with van der Waals surface area (Å²) in [4.78, 5) is 0. The van der Waals surface area contributed by atoms with E-state index in [1.54, 1.807) is 11.3 Å². The third-order valence-corrected chi connectivity index (χ3v) is 3.91. The smallest absolute Gasteiger partial charge is 0.0368 e. The normalized spacial score (nSPS) is 10.9. The Morgan fingerprint density at radius 2 is 2.00 bits per heavy atom. The maximum Gasteiger partial charge on any atom is 0.0368 e. The first-order valence-electron chi connectivity index (χ1n) is 3.51. The fourth-order valence-corrected chi connectivity index (χ4v) is 4.06. The van der Waals surface area contributed by atoms with Crippen molar-refractivity contribution in [2.75, 3.05) is 0 Å². The number of halogens is 2. The summed E-state index contributed by atoms with van der Waals surface area (Å²) in [6.07, 6.45) is 0. The van der Waals surface area contributed by atoms with Crippen LogP contribution in [0.25, 0.3) is 10.1 Å². The summed E-state index contributed by atoms with van der Waals surface area (Å²) >= 11 is 8.81. The number of hydrogen-bond donors (Lipinski definition) is 0. The fraction of sp³-hybridized carbons (Fsp3) is 0.111. The van der Waals surface area contributed by atoms with Crippen LogP contribution < -0.4 is 0 Å². The van der Waals surface area contributed by atoms with Crippen LogP contribution in [0.15, 0.2) is 26.5 Å². The van der Waals surface area contributed by atoms with Gasteiger partial charge in [0.1, 0.15) is 0 Å². The molecule has 0 saturated heterocycles. The molecular formula is C9H6Br2S. The Hall–Kier alpha value is 0.140. The molecule has 0 aliphatic carbocycles. The fourth-order valence-electron chi connectivity index (χ4n) is 1.24. The van der Waals surface area contributed by atoms with E-state index in [0.29, 0.717) is 0 Å². The van der Waals surface area contributed by atoms with Gasteiger partial charge in [-0.1, -0.05) is 31.9 Å². The molecule has 3 heteroatoms. The van der Waals surface area contributed by atoms with Gasteiger partial charge in [-0.25, -0.2) is 0 Å². The minimum atomic E-state index is 1.13. The van der Waals surface area contributed by atoms with Crippen molar-refractivity contribution in [3.05, 3.63) is 32.0 Å². The van der Waals surface area contributed by atoms with Gasteiger partial charge in [-0.3, -0.25) is 0 Å². The van der Waals surface area contributed by atoms with Crippen molar-refractivity contribution in [2.45, 2.75) is 6.92 Å². The largest absolute Gasteiger partial charge is 0.143 e. The van der Waals surface area contributed by atoms with Crippen LogP contribution in [-0.2, 0) is 0 Å². The molecular weight excluding hydrogens is 300 g/mol. The lowest BCUT2D eigenvalue weighted by Crippen LogP contribution is -1.71. The van der Waals surface area contributed by atoms with Gasteiger partial charge in [0.15, 0.2) is 0 Å². The SMILES string of the molecule is Cc1csc2cc(Br)cc(Br)c12. The Kier molecular flexibility index (Phi) is 2.27. The number of fused-ring (bicyclic) bond motifs is 1. The van der Waals surface area contributed by atoms with Crippen molar-refractivity contribution < 1.29 is 0 Å². The number of rotatable bonds is 0. The van der Waals surface area contributed by atoms with E-state index in [9.17, 15) is 0 Å². The molecule has 1 heterocycles. The summed E-state index contributed by atoms with van der Waals surface area (Å²) in [5.74, 6) is 0. The summed E-state index contributed by atoms with van der Waals surface area (Å²) in [5, 5.41) is 3.52. The monoisotopic (exact) mass is 304 g/mol. The second-order valence-electron chi connectivity index (χ2n) is 2.68. The summed E-state index contributed by atoms with van der Waals surface area (Å²) in [6, 6.07) is 4.24. The van der Waals surface area contributed by atoms with Gasteiger partial charge in [0.05, 0.1) is 0 Å². The van der Waals surface area contributed by atoms with E-state index in [1.807, 2.05) is 0 Å². The molecule has 0 spiro atoms. The zero-order valence-corrected chi connectivity index (χ0v) is 10.4. The molecule has 0 saturated carbocycles. The summed E-state index contributed by atoms with van der Waals surface area (Å²) < 4.78 is 3.63. The maximum atomic E-state index is 3.55. The molecule has 1 aromatic carbocycles. The van der Waals surface area contributed by atoms with Crippen molar-refractivity contribution >= 4 is 53.3 Å². The van der Waals surface area contributed by atoms with Crippen LogP contribution in [0.2, 0.25) is 0 Å². The van der Waals surface area contributed by atoms with Gasteiger partial charge >= 0.3 is 0 Å². The third-order valence-electron chi connectivity index (χ3n) is 1.78. The van der Waals surface area contributed by atoms with Crippen molar-refractivity contribution in [3.63, 3.8) is 0 Å². The lowest BCUT2D eigenvalue weighted by atomic mass is 10.2. The second kappa shape index (κ2) is 3.13. The minimum absolute atomic E-state index is 1.13. The zero-order chi connectivity index (χ0) is 8.72. The highest BCUT2D eigenvalue weighted by Crippen LogP contribution is 2.34. The highest BCUT2D eigenvalue weighted by atomic mass is 79.9. The predicted molar refractivity (Wildman–Crippen MR) is 62.0 cm³/mol. The molecule has 0 amide bonds. The Morgan fingerprint density at radius 1 is 1.25 bits per heavy atom. The Bertz CT molecular complexity index is 431. The van der Waals surface area contributed by atoms with E-state index >= 15 is 0 Å². The van der Waals surface area contributed by atoms with Gasteiger partial charge in [0, 0.05) is 19.0 Å². The van der Waals surface area contributed by atoms with Crippen molar-refractivity contribution in [1.29, 1.82) is 0 Å². The van der Waals surface area contributed by atoms with E-state index in [0.717, 1.165) is 4.47 Å². The van der Waals surface area contributed by atoms with Crippen LogP contribution in [-0.4, -0.2) is 0 Å². The van der Waals surface area contributed by atoms with Crippen LogP contribution in [0.1, 0.15) is 5.56 Å². The first-order chi connectivity index (χ1) is 5.68. The van der Waals surface area contributed by atoms with E-state index < -0.39 is 0 Å². The highest BCUT2D eigenvalue weighted by Gasteiger charge is 2.04. The van der Waals surface area contributed by atoms with E-state index in [-0.39, 0.29) is 0 Å². The summed E-state index contributed by atoms with van der Waals surface area (Å²) in [5.41, 5.74) is 1.34. The summed E-state index contributed by atoms with van der Waals surface area (Å²) in [6.45, 7) is 2.14. The summed E-state index contributed by atoms with van der Waals surface area (Å²) in [7, 11) is 0. The molecule has 0 unspecified atom stereocenters. The molecule has 0 bridgehead atoms. The lowest BCUT2D eigenvalue weighted by Gasteiger charge is -1.97. The van der Waals surface area contributed by atoms with Crippen molar-refractivity contribution in [2.24, 2.45) is 0 Å². The van der Waals surface area contributed by atoms with E-state index in [2.05, 4.69) is 56.3 Å². The van der Waals surface area contributed by atoms with Crippen LogP contribution in [0, 0.1) is 6.92 Å². The third kappa shape index (κ3) is 1.34. The Morgan fingerprint density at radius 3 is 2.75 bits per heavy atom. The topological polar surface area (TPSA) is 0 Å². The second-order valence-corrected chi connectivity index (χ2v) is 5.36. The van der Waals surface area contributed by atoms with Gasteiger partial charge in [-0.05, 0) is 30.0 Å². The van der Waals surface area contributed by atoms with Gasteiger partial charge in [-0.2, -0.15) is 0 Å². The number of hydrogen-bond acceptors (Lipinski definition) is 1. The van der Waals surface area contributed by atoms with Gasteiger partial charge < -0.3 is 0 Å². The van der Waals surface area contributed by atoms with Gasteiger partial charge in [0.2, 0.25) is 0 Å². The molecule has 0 N–H and O–H groups in total. The molecule has 1 aromatic heterocycles. The Labute approximate surface area is 91.9 Å². The van der Waals surface area contributed by atoms with Crippen molar-refractivity contribution in [1.82, 2.24) is 0 Å².